The van der Waals surface area contributed by atoms with Crippen molar-refractivity contribution >= 4 is 17.9 Å². The first-order chi connectivity index (χ1) is 29.0. The monoisotopic (exact) mass is 831 g/mol. The second kappa shape index (κ2) is 48.6. The Morgan fingerprint density at radius 1 is 0.356 bits per heavy atom. The zero-order chi connectivity index (χ0) is 43.0. The molecule has 0 aromatic carbocycles. The lowest BCUT2D eigenvalue weighted by atomic mass is 10.0. The minimum Gasteiger partial charge on any atom is -0.462 e. The van der Waals surface area contributed by atoms with Gasteiger partial charge in [-0.25, -0.2) is 0 Å². The number of ether oxygens (including phenoxy) is 3. The van der Waals surface area contributed by atoms with Gasteiger partial charge < -0.3 is 14.2 Å². The van der Waals surface area contributed by atoms with Crippen LogP contribution in [-0.2, 0) is 28.6 Å². The third kappa shape index (κ3) is 46.8. The average molecular weight is 831 g/mol. The number of allylic oxidation sites excluding steroid dienone is 4. The van der Waals surface area contributed by atoms with Gasteiger partial charge >= 0.3 is 17.9 Å². The van der Waals surface area contributed by atoms with Crippen LogP contribution in [-0.4, -0.2) is 37.2 Å². The van der Waals surface area contributed by atoms with Crippen LogP contribution in [0.1, 0.15) is 278 Å². The minimum atomic E-state index is -0.771. The van der Waals surface area contributed by atoms with Crippen molar-refractivity contribution in [1.82, 2.24) is 0 Å². The molecule has 0 aromatic heterocycles. The fraction of sp³-hybridized carbons (Fsp3) is 0.868. The van der Waals surface area contributed by atoms with Crippen LogP contribution in [0.15, 0.2) is 24.3 Å². The number of hydrogen-bond acceptors (Lipinski definition) is 6. The predicted molar refractivity (Wildman–Crippen MR) is 252 cm³/mol. The second-order valence-electron chi connectivity index (χ2n) is 17.4. The molecular formula is C53H98O6. The summed E-state index contributed by atoms with van der Waals surface area (Å²) >= 11 is 0. The van der Waals surface area contributed by atoms with Crippen molar-refractivity contribution in [1.29, 1.82) is 0 Å². The molecule has 6 heteroatoms. The Balaban J connectivity index is 4.25. The zero-order valence-electron chi connectivity index (χ0n) is 39.5. The van der Waals surface area contributed by atoms with Gasteiger partial charge in [0, 0.05) is 19.3 Å². The molecule has 0 fully saturated rings. The fourth-order valence-corrected chi connectivity index (χ4v) is 7.60. The van der Waals surface area contributed by atoms with Gasteiger partial charge in [0.15, 0.2) is 6.10 Å². The normalized spacial score (nSPS) is 12.1. The van der Waals surface area contributed by atoms with E-state index in [2.05, 4.69) is 45.1 Å². The Hall–Kier alpha value is -2.11. The summed E-state index contributed by atoms with van der Waals surface area (Å²) in [5.41, 5.74) is 0. The van der Waals surface area contributed by atoms with Gasteiger partial charge in [0.25, 0.3) is 0 Å². The zero-order valence-corrected chi connectivity index (χ0v) is 39.5. The Labute approximate surface area is 366 Å². The molecule has 0 aliphatic rings. The van der Waals surface area contributed by atoms with E-state index in [0.29, 0.717) is 19.3 Å². The second-order valence-corrected chi connectivity index (χ2v) is 17.4. The molecule has 346 valence electrons. The lowest BCUT2D eigenvalue weighted by molar-refractivity contribution is -0.167. The molecule has 0 saturated carbocycles. The van der Waals surface area contributed by atoms with Crippen molar-refractivity contribution in [3.63, 3.8) is 0 Å². The molecule has 0 N–H and O–H groups in total. The summed E-state index contributed by atoms with van der Waals surface area (Å²) in [7, 11) is 0. The SMILES string of the molecule is CC/C=C\C/C=C\CCCCCCCC(=O)OC(COC(=O)CCCCCCCCCCCC)COC(=O)CCCCCCCCCCCCCCCCCCCCC. The summed E-state index contributed by atoms with van der Waals surface area (Å²) in [5, 5.41) is 0. The number of unbranched alkanes of at least 4 members (excludes halogenated alkanes) is 32. The molecule has 0 aliphatic heterocycles. The Kier molecular flexibility index (Phi) is 46.8. The number of hydrogen-bond donors (Lipinski definition) is 0. The van der Waals surface area contributed by atoms with Crippen molar-refractivity contribution < 1.29 is 28.6 Å². The van der Waals surface area contributed by atoms with Crippen molar-refractivity contribution in [2.45, 2.75) is 284 Å². The van der Waals surface area contributed by atoms with Gasteiger partial charge in [0.05, 0.1) is 0 Å². The van der Waals surface area contributed by atoms with Crippen LogP contribution in [0.3, 0.4) is 0 Å². The predicted octanol–water partition coefficient (Wildman–Crippen LogP) is 16.8. The molecular weight excluding hydrogens is 733 g/mol. The van der Waals surface area contributed by atoms with Gasteiger partial charge in [-0.15, -0.1) is 0 Å². The molecule has 0 saturated heterocycles. The van der Waals surface area contributed by atoms with Crippen molar-refractivity contribution in [3.05, 3.63) is 24.3 Å². The molecule has 1 atom stereocenters. The van der Waals surface area contributed by atoms with E-state index in [1.54, 1.807) is 0 Å². The van der Waals surface area contributed by atoms with Crippen LogP contribution in [0, 0.1) is 0 Å². The Morgan fingerprint density at radius 2 is 0.661 bits per heavy atom. The fourth-order valence-electron chi connectivity index (χ4n) is 7.60. The summed E-state index contributed by atoms with van der Waals surface area (Å²) in [6, 6.07) is 0. The van der Waals surface area contributed by atoms with Gasteiger partial charge in [-0.05, 0) is 44.9 Å². The molecule has 59 heavy (non-hydrogen) atoms. The van der Waals surface area contributed by atoms with Crippen LogP contribution in [0.25, 0.3) is 0 Å². The molecule has 0 bridgehead atoms. The van der Waals surface area contributed by atoms with E-state index in [1.165, 1.54) is 148 Å². The maximum Gasteiger partial charge on any atom is 0.306 e. The number of esters is 3. The van der Waals surface area contributed by atoms with E-state index in [9.17, 15) is 14.4 Å². The van der Waals surface area contributed by atoms with Gasteiger partial charge in [-0.2, -0.15) is 0 Å². The molecule has 1 unspecified atom stereocenters. The molecule has 0 spiro atoms. The first-order valence-electron chi connectivity index (χ1n) is 25.8. The third-order valence-corrected chi connectivity index (χ3v) is 11.5. The van der Waals surface area contributed by atoms with Crippen LogP contribution >= 0.6 is 0 Å². The highest BCUT2D eigenvalue weighted by Gasteiger charge is 2.19. The highest BCUT2D eigenvalue weighted by atomic mass is 16.6. The summed E-state index contributed by atoms with van der Waals surface area (Å²) in [6.45, 7) is 6.53. The molecule has 0 amide bonds. The van der Waals surface area contributed by atoms with Crippen molar-refractivity contribution in [2.75, 3.05) is 13.2 Å². The minimum absolute atomic E-state index is 0.0724. The Morgan fingerprint density at radius 3 is 1.02 bits per heavy atom. The molecule has 6 nitrogen and oxygen atoms in total. The lowest BCUT2D eigenvalue weighted by Gasteiger charge is -2.18. The first-order valence-corrected chi connectivity index (χ1v) is 25.8. The van der Waals surface area contributed by atoms with Gasteiger partial charge in [0.1, 0.15) is 13.2 Å². The van der Waals surface area contributed by atoms with Crippen molar-refractivity contribution in [2.24, 2.45) is 0 Å². The maximum absolute atomic E-state index is 12.7. The largest absolute Gasteiger partial charge is 0.462 e. The summed E-state index contributed by atoms with van der Waals surface area (Å²) in [4.78, 5) is 37.9. The van der Waals surface area contributed by atoms with Crippen LogP contribution in [0.2, 0.25) is 0 Å². The quantitative estimate of drug-likeness (QED) is 0.0263. The van der Waals surface area contributed by atoms with Crippen LogP contribution in [0.4, 0.5) is 0 Å². The van der Waals surface area contributed by atoms with Crippen molar-refractivity contribution in [3.8, 4) is 0 Å². The molecule has 0 aliphatic carbocycles. The highest BCUT2D eigenvalue weighted by Crippen LogP contribution is 2.16. The van der Waals surface area contributed by atoms with E-state index < -0.39 is 6.10 Å². The first kappa shape index (κ1) is 56.9. The average Bonchev–Trinajstić information content (AvgIpc) is 3.23. The maximum atomic E-state index is 12.7. The standard InChI is InChI=1S/C53H98O6/c1-4-7-10-13-16-19-22-24-25-26-27-28-29-30-32-34-37-40-43-46-52(55)58-49-50(48-57-51(54)45-42-39-36-33-21-18-15-12-9-6-3)59-53(56)47-44-41-38-35-31-23-20-17-14-11-8-5-2/h8,11,17,20,50H,4-7,9-10,12-16,18-19,21-49H2,1-3H3/b11-8-,20-17-. The van der Waals surface area contributed by atoms with Crippen LogP contribution in [0.5, 0.6) is 0 Å². The smallest absolute Gasteiger partial charge is 0.306 e. The number of carbonyl (C=O) groups excluding carboxylic acids is 3. The van der Waals surface area contributed by atoms with Crippen LogP contribution < -0.4 is 0 Å². The third-order valence-electron chi connectivity index (χ3n) is 11.5. The summed E-state index contributed by atoms with van der Waals surface area (Å²) < 4.78 is 16.8. The van der Waals surface area contributed by atoms with E-state index >= 15 is 0 Å². The summed E-state index contributed by atoms with van der Waals surface area (Å²) in [6.07, 6.45) is 54.6. The topological polar surface area (TPSA) is 78.9 Å². The van der Waals surface area contributed by atoms with E-state index in [1.807, 2.05) is 0 Å². The van der Waals surface area contributed by atoms with Gasteiger partial charge in [-0.1, -0.05) is 238 Å². The number of rotatable bonds is 47. The van der Waals surface area contributed by atoms with Gasteiger partial charge in [-0.3, -0.25) is 14.4 Å². The lowest BCUT2D eigenvalue weighted by Crippen LogP contribution is -2.30. The Bertz CT molecular complexity index is 958. The number of carbonyl (C=O) groups is 3. The summed E-state index contributed by atoms with van der Waals surface area (Å²) in [5.74, 6) is -0.876. The highest BCUT2D eigenvalue weighted by molar-refractivity contribution is 5.71. The van der Waals surface area contributed by atoms with E-state index in [0.717, 1.165) is 89.9 Å². The molecule has 0 rings (SSSR count). The van der Waals surface area contributed by atoms with Gasteiger partial charge in [0.2, 0.25) is 0 Å². The molecule has 0 aromatic rings. The van der Waals surface area contributed by atoms with E-state index in [-0.39, 0.29) is 31.1 Å². The molecule has 0 heterocycles. The molecule has 0 radical (unpaired) electrons. The van der Waals surface area contributed by atoms with E-state index in [4.69, 9.17) is 14.2 Å².